The summed E-state index contributed by atoms with van der Waals surface area (Å²) in [5, 5.41) is 3.13. The van der Waals surface area contributed by atoms with Crippen molar-refractivity contribution in [2.75, 3.05) is 39.3 Å². The molecule has 1 aromatic heterocycles. The number of carbonyl (C=O) groups excluding carboxylic acids is 1. The Hall–Kier alpha value is -1.54. The molecule has 8 heteroatoms. The molecule has 1 aromatic rings. The van der Waals surface area contributed by atoms with Crippen molar-refractivity contribution in [3.8, 4) is 0 Å². The van der Waals surface area contributed by atoms with Gasteiger partial charge in [-0.15, -0.1) is 0 Å². The molecule has 1 fully saturated rings. The fraction of sp³-hybridized carbons (Fsp3) is 0.615. The molecule has 0 spiro atoms. The molecule has 1 aliphatic heterocycles. The highest BCUT2D eigenvalue weighted by molar-refractivity contribution is 5.78. The summed E-state index contributed by atoms with van der Waals surface area (Å²) < 4.78 is 42.9. The third-order valence-corrected chi connectivity index (χ3v) is 3.22. The van der Waals surface area contributed by atoms with E-state index in [0.29, 0.717) is 18.8 Å². The van der Waals surface area contributed by atoms with Crippen LogP contribution in [0.15, 0.2) is 22.8 Å². The first-order valence-corrected chi connectivity index (χ1v) is 6.74. The second-order valence-corrected chi connectivity index (χ2v) is 4.97. The van der Waals surface area contributed by atoms with Gasteiger partial charge in [0.1, 0.15) is 12.3 Å². The van der Waals surface area contributed by atoms with Gasteiger partial charge in [0.2, 0.25) is 5.91 Å². The predicted molar refractivity (Wildman–Crippen MR) is 69.5 cm³/mol. The summed E-state index contributed by atoms with van der Waals surface area (Å²) in [5.74, 6) is -0.196. The highest BCUT2D eigenvalue weighted by Gasteiger charge is 2.33. The molecule has 0 atom stereocenters. The zero-order valence-corrected chi connectivity index (χ0v) is 11.5. The first-order chi connectivity index (χ1) is 9.94. The quantitative estimate of drug-likeness (QED) is 0.884. The fourth-order valence-corrected chi connectivity index (χ4v) is 2.20. The fourth-order valence-electron chi connectivity index (χ4n) is 2.20. The van der Waals surface area contributed by atoms with E-state index < -0.39 is 18.6 Å². The zero-order valence-electron chi connectivity index (χ0n) is 11.5. The minimum atomic E-state index is -4.42. The largest absolute Gasteiger partial charge is 0.467 e. The zero-order chi connectivity index (χ0) is 15.3. The lowest BCUT2D eigenvalue weighted by Crippen LogP contribution is -2.49. The first-order valence-electron chi connectivity index (χ1n) is 6.74. The number of amides is 1. The first kappa shape index (κ1) is 15.8. The number of hydrogen-bond donors (Lipinski definition) is 1. The van der Waals surface area contributed by atoms with Gasteiger partial charge in [-0.2, -0.15) is 13.2 Å². The van der Waals surface area contributed by atoms with Gasteiger partial charge in [0, 0.05) is 26.2 Å². The monoisotopic (exact) mass is 305 g/mol. The second kappa shape index (κ2) is 6.95. The molecule has 1 saturated heterocycles. The van der Waals surface area contributed by atoms with E-state index in [2.05, 4.69) is 5.32 Å². The Labute approximate surface area is 120 Å². The molecule has 1 aliphatic rings. The van der Waals surface area contributed by atoms with Crippen LogP contribution in [0.1, 0.15) is 5.76 Å². The van der Waals surface area contributed by atoms with E-state index in [-0.39, 0.29) is 13.1 Å². The van der Waals surface area contributed by atoms with Crippen molar-refractivity contribution >= 4 is 5.91 Å². The lowest BCUT2D eigenvalue weighted by Gasteiger charge is -2.30. The van der Waals surface area contributed by atoms with Crippen LogP contribution in [0.2, 0.25) is 0 Å². The number of furan rings is 1. The van der Waals surface area contributed by atoms with Crippen LogP contribution in [-0.4, -0.2) is 61.2 Å². The molecule has 0 radical (unpaired) electrons. The highest BCUT2D eigenvalue weighted by atomic mass is 19.4. The van der Waals surface area contributed by atoms with Crippen molar-refractivity contribution in [2.24, 2.45) is 0 Å². The topological polar surface area (TPSA) is 48.7 Å². The predicted octanol–water partition coefficient (Wildman–Crippen LogP) is 1.08. The third kappa shape index (κ3) is 5.39. The van der Waals surface area contributed by atoms with Gasteiger partial charge in [0.05, 0.1) is 19.4 Å². The average Bonchev–Trinajstić information content (AvgIpc) is 2.90. The van der Waals surface area contributed by atoms with Crippen LogP contribution in [0.5, 0.6) is 0 Å². The molecular weight excluding hydrogens is 287 g/mol. The molecule has 2 rings (SSSR count). The number of alkyl halides is 3. The standard InChI is InChI=1S/C13H18F3N3O2/c14-13(15,16)10-19(8-11-2-1-7-21-11)12(20)9-18-5-3-17-4-6-18/h1-2,7,17H,3-6,8-10H2. The van der Waals surface area contributed by atoms with Gasteiger partial charge in [-0.05, 0) is 12.1 Å². The van der Waals surface area contributed by atoms with Crippen LogP contribution in [0.25, 0.3) is 0 Å². The normalized spacial score (nSPS) is 16.9. The second-order valence-electron chi connectivity index (χ2n) is 4.97. The highest BCUT2D eigenvalue weighted by Crippen LogP contribution is 2.18. The number of hydrogen-bond acceptors (Lipinski definition) is 4. The van der Waals surface area contributed by atoms with Gasteiger partial charge in [0.25, 0.3) is 0 Å². The smallest absolute Gasteiger partial charge is 0.406 e. The van der Waals surface area contributed by atoms with Gasteiger partial charge in [-0.3, -0.25) is 9.69 Å². The van der Waals surface area contributed by atoms with Gasteiger partial charge in [-0.1, -0.05) is 0 Å². The maximum absolute atomic E-state index is 12.6. The average molecular weight is 305 g/mol. The van der Waals surface area contributed by atoms with Crippen LogP contribution < -0.4 is 5.32 Å². The summed E-state index contributed by atoms with van der Waals surface area (Å²) in [6, 6.07) is 3.14. The molecule has 21 heavy (non-hydrogen) atoms. The summed E-state index contributed by atoms with van der Waals surface area (Å²) in [6.07, 6.45) is -3.05. The summed E-state index contributed by atoms with van der Waals surface area (Å²) >= 11 is 0. The van der Waals surface area contributed by atoms with Crippen molar-refractivity contribution in [3.05, 3.63) is 24.2 Å². The number of halogens is 3. The molecule has 2 heterocycles. The van der Waals surface area contributed by atoms with E-state index in [0.717, 1.165) is 18.0 Å². The van der Waals surface area contributed by atoms with Crippen LogP contribution >= 0.6 is 0 Å². The SMILES string of the molecule is O=C(CN1CCNCC1)N(Cc1ccco1)CC(F)(F)F. The van der Waals surface area contributed by atoms with Crippen molar-refractivity contribution in [3.63, 3.8) is 0 Å². The van der Waals surface area contributed by atoms with E-state index in [9.17, 15) is 18.0 Å². The van der Waals surface area contributed by atoms with Crippen LogP contribution in [0.3, 0.4) is 0 Å². The number of rotatable bonds is 5. The molecule has 118 valence electrons. The van der Waals surface area contributed by atoms with Crippen LogP contribution in [0.4, 0.5) is 13.2 Å². The number of nitrogens with zero attached hydrogens (tertiary/aromatic N) is 2. The van der Waals surface area contributed by atoms with Crippen LogP contribution in [-0.2, 0) is 11.3 Å². The molecule has 0 bridgehead atoms. The molecule has 0 aromatic carbocycles. The number of piperazine rings is 1. The molecule has 0 unspecified atom stereocenters. The van der Waals surface area contributed by atoms with Gasteiger partial charge in [0.15, 0.2) is 0 Å². The Bertz CT molecular complexity index is 442. The number of nitrogens with one attached hydrogen (secondary N) is 1. The van der Waals surface area contributed by atoms with E-state index in [1.165, 1.54) is 6.26 Å². The Morgan fingerprint density at radius 3 is 2.67 bits per heavy atom. The lowest BCUT2D eigenvalue weighted by atomic mass is 10.3. The molecule has 0 aliphatic carbocycles. The maximum Gasteiger partial charge on any atom is 0.406 e. The summed E-state index contributed by atoms with van der Waals surface area (Å²) in [7, 11) is 0. The van der Waals surface area contributed by atoms with E-state index in [1.54, 1.807) is 12.1 Å². The Morgan fingerprint density at radius 1 is 1.38 bits per heavy atom. The van der Waals surface area contributed by atoms with Gasteiger partial charge < -0.3 is 14.6 Å². The van der Waals surface area contributed by atoms with Gasteiger partial charge >= 0.3 is 6.18 Å². The Balaban J connectivity index is 1.97. The number of carbonyl (C=O) groups is 1. The minimum absolute atomic E-state index is 0.00152. The summed E-state index contributed by atoms with van der Waals surface area (Å²) in [5.41, 5.74) is 0. The summed E-state index contributed by atoms with van der Waals surface area (Å²) in [4.78, 5) is 14.8. The molecule has 1 N–H and O–H groups in total. The minimum Gasteiger partial charge on any atom is -0.467 e. The molecule has 1 amide bonds. The van der Waals surface area contributed by atoms with Crippen molar-refractivity contribution in [1.82, 2.24) is 15.1 Å². The molecule has 0 saturated carbocycles. The van der Waals surface area contributed by atoms with Crippen molar-refractivity contribution in [1.29, 1.82) is 0 Å². The third-order valence-electron chi connectivity index (χ3n) is 3.22. The molecular formula is C13H18F3N3O2. The Morgan fingerprint density at radius 2 is 2.10 bits per heavy atom. The lowest BCUT2D eigenvalue weighted by molar-refractivity contribution is -0.163. The molecule has 5 nitrogen and oxygen atoms in total. The van der Waals surface area contributed by atoms with E-state index in [4.69, 9.17) is 4.42 Å². The van der Waals surface area contributed by atoms with Crippen LogP contribution in [0, 0.1) is 0 Å². The van der Waals surface area contributed by atoms with Crippen molar-refractivity contribution < 1.29 is 22.4 Å². The Kier molecular flexibility index (Phi) is 5.24. The van der Waals surface area contributed by atoms with Gasteiger partial charge in [-0.25, -0.2) is 0 Å². The maximum atomic E-state index is 12.6. The van der Waals surface area contributed by atoms with E-state index >= 15 is 0 Å². The summed E-state index contributed by atoms with van der Waals surface area (Å²) in [6.45, 7) is 1.36. The van der Waals surface area contributed by atoms with Crippen molar-refractivity contribution in [2.45, 2.75) is 12.7 Å². The van der Waals surface area contributed by atoms with E-state index in [1.807, 2.05) is 4.90 Å².